The van der Waals surface area contributed by atoms with Gasteiger partial charge < -0.3 is 15.6 Å². The van der Waals surface area contributed by atoms with Gasteiger partial charge in [0.05, 0.1) is 34.7 Å². The van der Waals surface area contributed by atoms with E-state index in [-0.39, 0.29) is 24.2 Å². The van der Waals surface area contributed by atoms with Crippen LogP contribution in [0.5, 0.6) is 0 Å². The van der Waals surface area contributed by atoms with Gasteiger partial charge in [0.2, 0.25) is 11.9 Å². The van der Waals surface area contributed by atoms with Crippen LogP contribution in [0.1, 0.15) is 11.4 Å². The molecule has 0 aliphatic carbocycles. The lowest BCUT2D eigenvalue weighted by atomic mass is 10.2. The average Bonchev–Trinajstić information content (AvgIpc) is 3.35. The summed E-state index contributed by atoms with van der Waals surface area (Å²) in [6.45, 7) is 0.685. The predicted molar refractivity (Wildman–Crippen MR) is 113 cm³/mol. The summed E-state index contributed by atoms with van der Waals surface area (Å²) < 4.78 is 0. The first-order valence-electron chi connectivity index (χ1n) is 8.82. The summed E-state index contributed by atoms with van der Waals surface area (Å²) >= 11 is 7.61. The summed E-state index contributed by atoms with van der Waals surface area (Å²) in [6, 6.07) is 13.3. The second-order valence-electron chi connectivity index (χ2n) is 6.36. The summed E-state index contributed by atoms with van der Waals surface area (Å²) in [5, 5.41) is 7.23. The Bertz CT molecular complexity index is 1140. The maximum Gasteiger partial charge on any atom is 0.239 e. The molecule has 2 aromatic carbocycles. The van der Waals surface area contributed by atoms with Crippen molar-refractivity contribution in [3.05, 3.63) is 65.2 Å². The number of nitrogen functional groups attached to an aromatic ring is 1. The molecule has 4 rings (SSSR count). The largest absolute Gasteiger partial charge is 0.367 e. The standard InChI is InChI=1S/C19H18ClN7OS/c20-13-3-1-2-4-16(13)29-10-18(28)27(9-17-24-19(21)26-25-17)8-12-5-6-14-15(7-12)23-11-22-14/h1-7,11H,8-10H2,(H,22,23)(H3,21,24,25,26). The van der Waals surface area contributed by atoms with Gasteiger partial charge in [-0.1, -0.05) is 29.8 Å². The van der Waals surface area contributed by atoms with E-state index in [0.29, 0.717) is 17.4 Å². The number of benzene rings is 2. The number of nitrogens with zero attached hydrogens (tertiary/aromatic N) is 4. The number of rotatable bonds is 7. The molecule has 0 atom stereocenters. The third kappa shape index (κ3) is 4.69. The van der Waals surface area contributed by atoms with Gasteiger partial charge in [0, 0.05) is 11.4 Å². The number of hydrogen-bond donors (Lipinski definition) is 3. The third-order valence-electron chi connectivity index (χ3n) is 4.29. The Kier molecular flexibility index (Phi) is 5.68. The lowest BCUT2D eigenvalue weighted by Gasteiger charge is -2.22. The van der Waals surface area contributed by atoms with Crippen molar-refractivity contribution in [1.29, 1.82) is 0 Å². The first-order chi connectivity index (χ1) is 14.1. The molecule has 0 bridgehead atoms. The van der Waals surface area contributed by atoms with E-state index in [1.807, 2.05) is 42.5 Å². The van der Waals surface area contributed by atoms with E-state index in [0.717, 1.165) is 21.5 Å². The maximum absolute atomic E-state index is 13.0. The second kappa shape index (κ2) is 8.54. The van der Waals surface area contributed by atoms with E-state index in [4.69, 9.17) is 17.3 Å². The summed E-state index contributed by atoms with van der Waals surface area (Å²) in [6.07, 6.45) is 1.65. The molecular formula is C19H18ClN7OS. The summed E-state index contributed by atoms with van der Waals surface area (Å²) in [7, 11) is 0. The van der Waals surface area contributed by atoms with Crippen LogP contribution in [-0.4, -0.2) is 41.7 Å². The van der Waals surface area contributed by atoms with Gasteiger partial charge in [-0.3, -0.25) is 9.89 Å². The second-order valence-corrected chi connectivity index (χ2v) is 7.79. The first kappa shape index (κ1) is 19.3. The Balaban J connectivity index is 1.51. The highest BCUT2D eigenvalue weighted by Gasteiger charge is 2.18. The van der Waals surface area contributed by atoms with Gasteiger partial charge in [0.15, 0.2) is 0 Å². The van der Waals surface area contributed by atoms with E-state index in [1.54, 1.807) is 11.2 Å². The molecule has 29 heavy (non-hydrogen) atoms. The SMILES string of the molecule is Nc1n[nH]c(CN(Cc2ccc3nc[nH]c3c2)C(=O)CSc2ccccc2Cl)n1. The van der Waals surface area contributed by atoms with Crippen molar-refractivity contribution in [2.24, 2.45) is 0 Å². The van der Waals surface area contributed by atoms with E-state index >= 15 is 0 Å². The normalized spacial score (nSPS) is 11.1. The Morgan fingerprint density at radius 2 is 2.07 bits per heavy atom. The Labute approximate surface area is 175 Å². The summed E-state index contributed by atoms with van der Waals surface area (Å²) in [4.78, 5) is 27.0. The van der Waals surface area contributed by atoms with E-state index in [9.17, 15) is 4.79 Å². The van der Waals surface area contributed by atoms with Crippen LogP contribution in [0.2, 0.25) is 5.02 Å². The minimum Gasteiger partial charge on any atom is -0.367 e. The van der Waals surface area contributed by atoms with E-state index < -0.39 is 0 Å². The van der Waals surface area contributed by atoms with Crippen molar-refractivity contribution in [2.75, 3.05) is 11.5 Å². The molecule has 4 aromatic rings. The number of amides is 1. The average molecular weight is 428 g/mol. The highest BCUT2D eigenvalue weighted by molar-refractivity contribution is 8.00. The van der Waals surface area contributed by atoms with Crippen LogP contribution in [0.25, 0.3) is 11.0 Å². The molecule has 8 nitrogen and oxygen atoms in total. The van der Waals surface area contributed by atoms with Crippen LogP contribution in [0.4, 0.5) is 5.95 Å². The van der Waals surface area contributed by atoms with Crippen molar-refractivity contribution in [3.8, 4) is 0 Å². The Morgan fingerprint density at radius 1 is 1.21 bits per heavy atom. The fourth-order valence-electron chi connectivity index (χ4n) is 2.89. The number of hydrogen-bond acceptors (Lipinski definition) is 6. The number of imidazole rings is 1. The fraction of sp³-hybridized carbons (Fsp3) is 0.158. The van der Waals surface area contributed by atoms with Crippen molar-refractivity contribution in [1.82, 2.24) is 30.0 Å². The maximum atomic E-state index is 13.0. The fourth-order valence-corrected chi connectivity index (χ4v) is 4.03. The highest BCUT2D eigenvalue weighted by atomic mass is 35.5. The number of halogens is 1. The molecule has 2 heterocycles. The number of carbonyl (C=O) groups excluding carboxylic acids is 1. The van der Waals surface area contributed by atoms with Gasteiger partial charge in [-0.15, -0.1) is 16.9 Å². The smallest absolute Gasteiger partial charge is 0.239 e. The van der Waals surface area contributed by atoms with Gasteiger partial charge >= 0.3 is 0 Å². The molecule has 0 aliphatic rings. The molecule has 0 spiro atoms. The Morgan fingerprint density at radius 3 is 2.86 bits per heavy atom. The monoisotopic (exact) mass is 427 g/mol. The van der Waals surface area contributed by atoms with Gasteiger partial charge in [-0.25, -0.2) is 4.98 Å². The number of thioether (sulfide) groups is 1. The minimum absolute atomic E-state index is 0.0467. The van der Waals surface area contributed by atoms with Crippen molar-refractivity contribution < 1.29 is 4.79 Å². The molecule has 0 unspecified atom stereocenters. The van der Waals surface area contributed by atoms with Gasteiger partial charge in [0.25, 0.3) is 0 Å². The molecular weight excluding hydrogens is 410 g/mol. The molecule has 1 amide bonds. The predicted octanol–water partition coefficient (Wildman–Crippen LogP) is 3.24. The van der Waals surface area contributed by atoms with Crippen LogP contribution >= 0.6 is 23.4 Å². The molecule has 0 aliphatic heterocycles. The van der Waals surface area contributed by atoms with Crippen molar-refractivity contribution in [3.63, 3.8) is 0 Å². The molecule has 2 aromatic heterocycles. The summed E-state index contributed by atoms with van der Waals surface area (Å²) in [5.41, 5.74) is 8.37. The molecule has 10 heteroatoms. The van der Waals surface area contributed by atoms with Crippen molar-refractivity contribution >= 4 is 46.3 Å². The van der Waals surface area contributed by atoms with Crippen molar-refractivity contribution in [2.45, 2.75) is 18.0 Å². The van der Waals surface area contributed by atoms with Crippen LogP contribution < -0.4 is 5.73 Å². The first-order valence-corrected chi connectivity index (χ1v) is 10.2. The lowest BCUT2D eigenvalue weighted by molar-refractivity contribution is -0.129. The number of nitrogens with one attached hydrogen (secondary N) is 2. The van der Waals surface area contributed by atoms with E-state index in [1.165, 1.54) is 11.8 Å². The minimum atomic E-state index is -0.0467. The molecule has 148 valence electrons. The number of carbonyl (C=O) groups is 1. The third-order valence-corrected chi connectivity index (χ3v) is 5.79. The van der Waals surface area contributed by atoms with Crippen LogP contribution in [0.3, 0.4) is 0 Å². The van der Waals surface area contributed by atoms with Gasteiger partial charge in [0.1, 0.15) is 5.82 Å². The molecule has 4 N–H and O–H groups in total. The molecule has 0 fully saturated rings. The van der Waals surface area contributed by atoms with Crippen LogP contribution in [0, 0.1) is 0 Å². The van der Waals surface area contributed by atoms with E-state index in [2.05, 4.69) is 25.1 Å². The zero-order valence-electron chi connectivity index (χ0n) is 15.3. The molecule has 0 radical (unpaired) electrons. The topological polar surface area (TPSA) is 117 Å². The van der Waals surface area contributed by atoms with Crippen LogP contribution in [-0.2, 0) is 17.9 Å². The summed E-state index contributed by atoms with van der Waals surface area (Å²) in [5.74, 6) is 0.882. The number of H-pyrrole nitrogens is 2. The van der Waals surface area contributed by atoms with Gasteiger partial charge in [-0.2, -0.15) is 4.98 Å². The zero-order chi connectivity index (χ0) is 20.2. The number of aromatic nitrogens is 5. The number of anilines is 1. The Hall–Kier alpha value is -3.04. The number of aromatic amines is 2. The highest BCUT2D eigenvalue weighted by Crippen LogP contribution is 2.27. The zero-order valence-corrected chi connectivity index (χ0v) is 16.9. The lowest BCUT2D eigenvalue weighted by Crippen LogP contribution is -2.32. The number of nitrogens with two attached hydrogens (primary N) is 1. The van der Waals surface area contributed by atoms with Crippen LogP contribution in [0.15, 0.2) is 53.7 Å². The molecule has 0 saturated heterocycles. The van der Waals surface area contributed by atoms with Gasteiger partial charge in [-0.05, 0) is 29.8 Å². The molecule has 0 saturated carbocycles. The quantitative estimate of drug-likeness (QED) is 0.390. The number of fused-ring (bicyclic) bond motifs is 1.